The van der Waals surface area contributed by atoms with Gasteiger partial charge in [-0.25, -0.2) is 4.98 Å². The normalized spacial score (nSPS) is 14.2. The minimum Gasteiger partial charge on any atom is -0.508 e. The lowest BCUT2D eigenvalue weighted by Gasteiger charge is -2.27. The number of rotatable bonds is 4. The van der Waals surface area contributed by atoms with E-state index in [4.69, 9.17) is 28.2 Å². The summed E-state index contributed by atoms with van der Waals surface area (Å²) < 4.78 is 0. The highest BCUT2D eigenvalue weighted by molar-refractivity contribution is 6.34. The van der Waals surface area contributed by atoms with Crippen molar-refractivity contribution in [3.63, 3.8) is 0 Å². The molecule has 172 valence electrons. The number of halogens is 2. The van der Waals surface area contributed by atoms with Crippen LogP contribution in [0, 0.1) is 0 Å². The average molecular weight is 494 g/mol. The van der Waals surface area contributed by atoms with E-state index >= 15 is 0 Å². The first-order valence-corrected chi connectivity index (χ1v) is 11.6. The van der Waals surface area contributed by atoms with E-state index in [1.807, 2.05) is 17.1 Å². The van der Waals surface area contributed by atoms with Crippen LogP contribution in [0.4, 0.5) is 0 Å². The lowest BCUT2D eigenvalue weighted by Crippen LogP contribution is -2.46. The highest BCUT2D eigenvalue weighted by Gasteiger charge is 2.24. The summed E-state index contributed by atoms with van der Waals surface area (Å²) in [6.07, 6.45) is 3.66. The van der Waals surface area contributed by atoms with Crippen molar-refractivity contribution in [3.05, 3.63) is 75.4 Å². The fourth-order valence-electron chi connectivity index (χ4n) is 4.01. The van der Waals surface area contributed by atoms with Gasteiger partial charge in [0.2, 0.25) is 0 Å². The SMILES string of the molecule is O=C(c1cc(-c2ccc(O)cc2)nc2[nH]nc(/C=C/c3cc(Cl)cc(Cl)c3)c12)N1CCNCC1. The van der Waals surface area contributed by atoms with E-state index in [1.54, 1.807) is 48.5 Å². The molecule has 1 fully saturated rings. The zero-order valence-electron chi connectivity index (χ0n) is 18.1. The minimum atomic E-state index is -0.0734. The van der Waals surface area contributed by atoms with Crippen LogP contribution in [-0.2, 0) is 0 Å². The maximum absolute atomic E-state index is 13.6. The summed E-state index contributed by atoms with van der Waals surface area (Å²) in [5, 5.41) is 22.0. The standard InChI is InChI=1S/C25H21Cl2N5O2/c26-17-11-15(12-18(27)13-17)1-6-21-23-20(25(34)32-9-7-28-8-10-32)14-22(29-24(23)31-30-21)16-2-4-19(33)5-3-16/h1-6,11-14,28,33H,7-10H2,(H,29,30,31)/b6-1+. The second-order valence-corrected chi connectivity index (χ2v) is 8.89. The van der Waals surface area contributed by atoms with Crippen LogP contribution in [0.1, 0.15) is 21.6 Å². The molecule has 0 bridgehead atoms. The molecule has 0 spiro atoms. The topological polar surface area (TPSA) is 94.1 Å². The van der Waals surface area contributed by atoms with Crippen molar-refractivity contribution in [2.24, 2.45) is 0 Å². The smallest absolute Gasteiger partial charge is 0.254 e. The number of aromatic hydroxyl groups is 1. The Hall–Kier alpha value is -3.39. The van der Waals surface area contributed by atoms with Crippen molar-refractivity contribution in [2.75, 3.05) is 26.2 Å². The number of H-pyrrole nitrogens is 1. The van der Waals surface area contributed by atoms with Gasteiger partial charge in [0, 0.05) is 41.8 Å². The van der Waals surface area contributed by atoms with Crippen LogP contribution in [0.5, 0.6) is 5.75 Å². The van der Waals surface area contributed by atoms with Crippen LogP contribution in [0.2, 0.25) is 10.0 Å². The molecule has 1 amide bonds. The first-order chi connectivity index (χ1) is 16.5. The van der Waals surface area contributed by atoms with E-state index in [1.165, 1.54) is 0 Å². The highest BCUT2D eigenvalue weighted by atomic mass is 35.5. The summed E-state index contributed by atoms with van der Waals surface area (Å²) in [5.74, 6) is 0.0906. The van der Waals surface area contributed by atoms with E-state index in [-0.39, 0.29) is 11.7 Å². The molecule has 2 aromatic heterocycles. The van der Waals surface area contributed by atoms with Crippen LogP contribution in [0.25, 0.3) is 34.4 Å². The fraction of sp³-hybridized carbons (Fsp3) is 0.160. The number of phenols is 1. The molecule has 7 nitrogen and oxygen atoms in total. The molecule has 1 aliphatic heterocycles. The number of phenolic OH excluding ortho intramolecular Hbond substituents is 1. The average Bonchev–Trinajstić information content (AvgIpc) is 3.25. The molecule has 1 aliphatic rings. The van der Waals surface area contributed by atoms with Gasteiger partial charge in [0.25, 0.3) is 5.91 Å². The number of nitrogens with one attached hydrogen (secondary N) is 2. The largest absolute Gasteiger partial charge is 0.508 e. The van der Waals surface area contributed by atoms with Gasteiger partial charge in [0.1, 0.15) is 5.75 Å². The van der Waals surface area contributed by atoms with Gasteiger partial charge in [-0.15, -0.1) is 0 Å². The number of piperazine rings is 1. The number of nitrogens with zero attached hydrogens (tertiary/aromatic N) is 3. The van der Waals surface area contributed by atoms with E-state index in [2.05, 4.69) is 15.5 Å². The van der Waals surface area contributed by atoms with Gasteiger partial charge in [-0.1, -0.05) is 29.3 Å². The first-order valence-electron chi connectivity index (χ1n) is 10.8. The molecule has 9 heteroatoms. The number of carbonyl (C=O) groups excluding carboxylic acids is 1. The van der Waals surface area contributed by atoms with Crippen LogP contribution < -0.4 is 5.32 Å². The van der Waals surface area contributed by atoms with E-state index < -0.39 is 0 Å². The zero-order valence-corrected chi connectivity index (χ0v) is 19.6. The molecule has 5 rings (SSSR count). The second kappa shape index (κ2) is 9.46. The summed E-state index contributed by atoms with van der Waals surface area (Å²) >= 11 is 12.2. The minimum absolute atomic E-state index is 0.0734. The Morgan fingerprint density at radius 3 is 2.41 bits per heavy atom. The zero-order chi connectivity index (χ0) is 23.7. The molecule has 0 saturated carbocycles. The Morgan fingerprint density at radius 2 is 1.71 bits per heavy atom. The summed E-state index contributed by atoms with van der Waals surface area (Å²) in [7, 11) is 0. The van der Waals surface area contributed by atoms with Crippen molar-refractivity contribution in [1.29, 1.82) is 0 Å². The third-order valence-corrected chi connectivity index (χ3v) is 6.11. The summed E-state index contributed by atoms with van der Waals surface area (Å²) in [5.41, 5.74) is 3.84. The van der Waals surface area contributed by atoms with Gasteiger partial charge in [-0.05, 0) is 60.2 Å². The second-order valence-electron chi connectivity index (χ2n) is 8.01. The molecule has 2 aromatic carbocycles. The van der Waals surface area contributed by atoms with Crippen molar-refractivity contribution in [1.82, 2.24) is 25.4 Å². The van der Waals surface area contributed by atoms with Gasteiger partial charge < -0.3 is 15.3 Å². The Balaban J connectivity index is 1.62. The number of hydrogen-bond acceptors (Lipinski definition) is 5. The Kier molecular flexibility index (Phi) is 6.24. The van der Waals surface area contributed by atoms with Gasteiger partial charge >= 0.3 is 0 Å². The molecule has 3 N–H and O–H groups in total. The number of pyridine rings is 1. The van der Waals surface area contributed by atoms with Crippen LogP contribution in [-0.4, -0.2) is 57.3 Å². The van der Waals surface area contributed by atoms with Crippen molar-refractivity contribution < 1.29 is 9.90 Å². The van der Waals surface area contributed by atoms with E-state index in [0.29, 0.717) is 51.1 Å². The summed E-state index contributed by atoms with van der Waals surface area (Å²) in [6.45, 7) is 2.75. The van der Waals surface area contributed by atoms with E-state index in [0.717, 1.165) is 24.2 Å². The van der Waals surface area contributed by atoms with E-state index in [9.17, 15) is 9.90 Å². The molecular formula is C25H21Cl2N5O2. The molecule has 1 saturated heterocycles. The van der Waals surface area contributed by atoms with Crippen molar-refractivity contribution in [2.45, 2.75) is 0 Å². The number of aromatic amines is 1. The van der Waals surface area contributed by atoms with Crippen LogP contribution in [0.3, 0.4) is 0 Å². The number of benzene rings is 2. The lowest BCUT2D eigenvalue weighted by atomic mass is 10.0. The molecule has 3 heterocycles. The fourth-order valence-corrected chi connectivity index (χ4v) is 4.55. The predicted molar refractivity (Wildman–Crippen MR) is 135 cm³/mol. The molecule has 0 aliphatic carbocycles. The molecule has 0 atom stereocenters. The van der Waals surface area contributed by atoms with Gasteiger partial charge in [-0.2, -0.15) is 5.10 Å². The lowest BCUT2D eigenvalue weighted by molar-refractivity contribution is 0.0737. The molecular weight excluding hydrogens is 473 g/mol. The third-order valence-electron chi connectivity index (χ3n) is 5.67. The highest BCUT2D eigenvalue weighted by Crippen LogP contribution is 2.29. The number of fused-ring (bicyclic) bond motifs is 1. The van der Waals surface area contributed by atoms with Gasteiger partial charge in [0.05, 0.1) is 22.3 Å². The Labute approximate surface area is 206 Å². The Bertz CT molecular complexity index is 1370. The summed E-state index contributed by atoms with van der Waals surface area (Å²) in [4.78, 5) is 20.1. The van der Waals surface area contributed by atoms with Crippen molar-refractivity contribution in [3.8, 4) is 17.0 Å². The summed E-state index contributed by atoms with van der Waals surface area (Å²) in [6, 6.07) is 13.8. The first kappa shape index (κ1) is 22.4. The molecule has 34 heavy (non-hydrogen) atoms. The molecule has 0 radical (unpaired) electrons. The number of amides is 1. The quantitative estimate of drug-likeness (QED) is 0.377. The number of hydrogen-bond donors (Lipinski definition) is 3. The monoisotopic (exact) mass is 493 g/mol. The van der Waals surface area contributed by atoms with Crippen LogP contribution >= 0.6 is 23.2 Å². The molecule has 0 unspecified atom stereocenters. The maximum Gasteiger partial charge on any atom is 0.254 e. The van der Waals surface area contributed by atoms with Crippen molar-refractivity contribution >= 4 is 52.3 Å². The van der Waals surface area contributed by atoms with Gasteiger partial charge in [-0.3, -0.25) is 9.89 Å². The van der Waals surface area contributed by atoms with Gasteiger partial charge in [0.15, 0.2) is 5.65 Å². The molecule has 4 aromatic rings. The Morgan fingerprint density at radius 1 is 1.00 bits per heavy atom. The predicted octanol–water partition coefficient (Wildman–Crippen LogP) is 4.85. The maximum atomic E-state index is 13.6. The number of aromatic nitrogens is 3. The number of carbonyl (C=O) groups is 1. The van der Waals surface area contributed by atoms with Crippen LogP contribution in [0.15, 0.2) is 48.5 Å². The third kappa shape index (κ3) is 4.63.